The number of halogens is 1. The van der Waals surface area contributed by atoms with Crippen molar-refractivity contribution in [3.63, 3.8) is 0 Å². The highest BCUT2D eigenvalue weighted by molar-refractivity contribution is 7.22. The number of carbonyl (C=O) groups excluding carboxylic acids is 5. The Morgan fingerprint density at radius 3 is 2.39 bits per heavy atom. The number of aryl methyl sites for hydroxylation is 2. The van der Waals surface area contributed by atoms with Crippen molar-refractivity contribution in [3.8, 4) is 22.1 Å². The third-order valence-corrected chi connectivity index (χ3v) is 15.1. The van der Waals surface area contributed by atoms with Gasteiger partial charge < -0.3 is 9.84 Å². The van der Waals surface area contributed by atoms with Gasteiger partial charge in [-0.25, -0.2) is 4.90 Å². The number of fused-ring (bicyclic) bond motifs is 5. The molecule has 0 bridgehead atoms. The fraction of sp³-hybridized carbons (Fsp3) is 0.265. The highest BCUT2D eigenvalue weighted by Gasteiger charge is 2.68. The molecule has 6 atom stereocenters. The first kappa shape index (κ1) is 39.7. The van der Waals surface area contributed by atoms with Crippen LogP contribution < -0.4 is 14.5 Å². The first-order valence-corrected chi connectivity index (χ1v) is 21.9. The van der Waals surface area contributed by atoms with Crippen molar-refractivity contribution in [2.24, 2.45) is 36.1 Å². The van der Waals surface area contributed by atoms with Crippen molar-refractivity contribution < 1.29 is 33.8 Å². The average Bonchev–Trinajstić information content (AvgIpc) is 3.94. The molecule has 0 radical (unpaired) electrons. The van der Waals surface area contributed by atoms with Gasteiger partial charge in [0.2, 0.25) is 23.6 Å². The molecular formula is C49H41ClN4O7S. The van der Waals surface area contributed by atoms with Gasteiger partial charge in [0, 0.05) is 45.4 Å². The topological polar surface area (TPSA) is 139 Å². The lowest BCUT2D eigenvalue weighted by Crippen LogP contribution is -2.49. The number of amides is 4. The van der Waals surface area contributed by atoms with E-state index in [1.807, 2.05) is 44.2 Å². The van der Waals surface area contributed by atoms with Crippen molar-refractivity contribution >= 4 is 73.9 Å². The number of anilines is 2. The van der Waals surface area contributed by atoms with E-state index in [0.717, 1.165) is 26.1 Å². The summed E-state index contributed by atoms with van der Waals surface area (Å²) in [6.07, 6.45) is 2.30. The van der Waals surface area contributed by atoms with Crippen molar-refractivity contribution in [2.45, 2.75) is 39.5 Å². The van der Waals surface area contributed by atoms with E-state index in [9.17, 15) is 19.5 Å². The molecule has 62 heavy (non-hydrogen) atoms. The van der Waals surface area contributed by atoms with Crippen LogP contribution in [0.4, 0.5) is 11.5 Å². The molecule has 0 spiro atoms. The van der Waals surface area contributed by atoms with Crippen LogP contribution in [-0.4, -0.2) is 50.9 Å². The molecule has 10 rings (SSSR count). The maximum Gasteiger partial charge on any atom is 0.242 e. The Kier molecular flexibility index (Phi) is 9.38. The number of allylic oxidation sites excluding steroid dienone is 2. The van der Waals surface area contributed by atoms with Gasteiger partial charge in [-0.2, -0.15) is 5.10 Å². The highest BCUT2D eigenvalue weighted by Crippen LogP contribution is 2.65. The van der Waals surface area contributed by atoms with Crippen LogP contribution in [0.15, 0.2) is 109 Å². The van der Waals surface area contributed by atoms with Gasteiger partial charge in [0.05, 0.1) is 40.3 Å². The fourth-order valence-electron chi connectivity index (χ4n) is 10.6. The number of aromatic hydroxyl groups is 1. The van der Waals surface area contributed by atoms with Crippen LogP contribution in [0.1, 0.15) is 59.7 Å². The quantitative estimate of drug-likeness (QED) is 0.0909. The van der Waals surface area contributed by atoms with Gasteiger partial charge in [-0.05, 0) is 99.0 Å². The maximum absolute atomic E-state index is 15.3. The second-order valence-electron chi connectivity index (χ2n) is 16.8. The predicted molar refractivity (Wildman–Crippen MR) is 236 cm³/mol. The summed E-state index contributed by atoms with van der Waals surface area (Å²) >= 11 is 7.89. The van der Waals surface area contributed by atoms with Gasteiger partial charge in [-0.15, -0.1) is 11.3 Å². The molecule has 2 aliphatic heterocycles. The van der Waals surface area contributed by atoms with Crippen LogP contribution in [0, 0.1) is 36.0 Å². The van der Waals surface area contributed by atoms with E-state index < -0.39 is 52.7 Å². The molecule has 2 aliphatic carbocycles. The molecule has 3 fully saturated rings. The number of imide groups is 2. The number of para-hydroxylation sites is 1. The molecule has 4 aliphatic rings. The maximum atomic E-state index is 15.3. The normalized spacial score (nSPS) is 24.3. The zero-order valence-electron chi connectivity index (χ0n) is 34.3. The lowest BCUT2D eigenvalue weighted by Gasteiger charge is -2.49. The number of aromatic nitrogens is 2. The summed E-state index contributed by atoms with van der Waals surface area (Å²) in [7, 11) is 1.70. The molecule has 4 heterocycles. The molecule has 6 aromatic rings. The van der Waals surface area contributed by atoms with Crippen LogP contribution >= 0.6 is 22.9 Å². The van der Waals surface area contributed by atoms with Crippen LogP contribution in [0.3, 0.4) is 0 Å². The number of ether oxygens (including phenoxy) is 1. The van der Waals surface area contributed by atoms with E-state index in [1.54, 1.807) is 103 Å². The number of hydrogen-bond acceptors (Lipinski definition) is 9. The van der Waals surface area contributed by atoms with E-state index in [1.165, 1.54) is 9.80 Å². The summed E-state index contributed by atoms with van der Waals surface area (Å²) in [5.41, 5.74) is 2.60. The minimum atomic E-state index is -1.41. The van der Waals surface area contributed by atoms with Crippen molar-refractivity contribution in [1.82, 2.24) is 9.78 Å². The molecule has 11 nitrogen and oxygen atoms in total. The van der Waals surface area contributed by atoms with Gasteiger partial charge in [0.15, 0.2) is 17.3 Å². The highest BCUT2D eigenvalue weighted by atomic mass is 35.5. The van der Waals surface area contributed by atoms with Gasteiger partial charge in [0.25, 0.3) is 0 Å². The summed E-state index contributed by atoms with van der Waals surface area (Å²) in [4.78, 5) is 75.9. The summed E-state index contributed by atoms with van der Waals surface area (Å²) in [5.74, 6) is -5.38. The van der Waals surface area contributed by atoms with Gasteiger partial charge in [-0.1, -0.05) is 65.7 Å². The van der Waals surface area contributed by atoms with Crippen molar-refractivity contribution in [2.75, 3.05) is 16.4 Å². The summed E-state index contributed by atoms with van der Waals surface area (Å²) in [5, 5.41) is 18.3. The van der Waals surface area contributed by atoms with Gasteiger partial charge in [0.1, 0.15) is 11.5 Å². The standard InChI is InChI=1S/C49H41ClN4O7S/c1-5-61-37-13-9-12-32(43(37)56)41-30-19-20-31-40(47(59)53(45(31)57)29-17-14-27(15-18-29)42(55)26-10-7-6-8-11-26)34(30)23-35-46(58)54(48(60)49(35,41)3)39-24-36(51-52(39)4)44-25(2)33-22-28(50)16-21-38(33)62-44/h6-19,21-22,24,31,34-35,40-41,56H,5,20,23H2,1-4H3. The molecule has 13 heteroatoms. The average molecular weight is 865 g/mol. The first-order chi connectivity index (χ1) is 29.8. The van der Waals surface area contributed by atoms with Gasteiger partial charge in [-0.3, -0.25) is 33.6 Å². The number of ketones is 1. The number of hydrogen-bond donors (Lipinski definition) is 1. The van der Waals surface area contributed by atoms with E-state index in [4.69, 9.17) is 21.4 Å². The number of benzene rings is 4. The van der Waals surface area contributed by atoms with E-state index >= 15 is 9.59 Å². The number of phenolic OH excluding ortho intramolecular Hbond substituents is 1. The second-order valence-corrected chi connectivity index (χ2v) is 18.2. The van der Waals surface area contributed by atoms with E-state index in [-0.39, 0.29) is 42.6 Å². The monoisotopic (exact) mass is 864 g/mol. The summed E-state index contributed by atoms with van der Waals surface area (Å²) in [6.45, 7) is 5.86. The largest absolute Gasteiger partial charge is 0.504 e. The van der Waals surface area contributed by atoms with Crippen molar-refractivity contribution in [1.29, 1.82) is 0 Å². The third kappa shape index (κ3) is 5.76. The Hall–Kier alpha value is -6.37. The molecule has 312 valence electrons. The Morgan fingerprint density at radius 2 is 1.65 bits per heavy atom. The van der Waals surface area contributed by atoms with Gasteiger partial charge >= 0.3 is 0 Å². The minimum Gasteiger partial charge on any atom is -0.504 e. The summed E-state index contributed by atoms with van der Waals surface area (Å²) < 4.78 is 8.39. The second kappa shape index (κ2) is 14.6. The molecule has 1 N–H and O–H groups in total. The van der Waals surface area contributed by atoms with Crippen LogP contribution in [0.25, 0.3) is 20.7 Å². The number of phenols is 1. The molecule has 6 unspecified atom stereocenters. The first-order valence-electron chi connectivity index (χ1n) is 20.7. The number of nitrogens with zero attached hydrogens (tertiary/aromatic N) is 4. The van der Waals surface area contributed by atoms with E-state index in [0.29, 0.717) is 38.9 Å². The number of rotatable bonds is 8. The predicted octanol–water partition coefficient (Wildman–Crippen LogP) is 9.03. The molecule has 2 saturated heterocycles. The Balaban J connectivity index is 1.04. The van der Waals surface area contributed by atoms with Crippen LogP contribution in [-0.2, 0) is 26.2 Å². The molecule has 2 aromatic heterocycles. The molecule has 4 aromatic carbocycles. The zero-order chi connectivity index (χ0) is 43.4. The Labute approximate surface area is 366 Å². The lowest BCUT2D eigenvalue weighted by atomic mass is 9.51. The molecule has 1 saturated carbocycles. The summed E-state index contributed by atoms with van der Waals surface area (Å²) in [6, 6.07) is 27.9. The molecule has 4 amide bonds. The Bertz CT molecular complexity index is 2940. The molecular weight excluding hydrogens is 824 g/mol. The zero-order valence-corrected chi connectivity index (χ0v) is 35.9. The third-order valence-electron chi connectivity index (χ3n) is 13.6. The minimum absolute atomic E-state index is 0.130. The van der Waals surface area contributed by atoms with Crippen molar-refractivity contribution in [3.05, 3.63) is 136 Å². The lowest BCUT2D eigenvalue weighted by molar-refractivity contribution is -0.131. The van der Waals surface area contributed by atoms with Crippen LogP contribution in [0.2, 0.25) is 5.02 Å². The van der Waals surface area contributed by atoms with Crippen LogP contribution in [0.5, 0.6) is 11.5 Å². The Morgan fingerprint density at radius 1 is 0.903 bits per heavy atom. The smallest absolute Gasteiger partial charge is 0.242 e. The van der Waals surface area contributed by atoms with E-state index in [2.05, 4.69) is 0 Å². The number of thiophene rings is 1. The SMILES string of the molecule is CCOc1cccc(C2C3=CCC4C(=O)N(c5ccc(C(=O)c6ccccc6)cc5)C(=O)C4C3CC3C(=O)N(c4cc(-c5sc6ccc(Cl)cc6c5C)nn4C)C(=O)C32C)c1O. The number of carbonyl (C=O) groups is 5. The fourth-order valence-corrected chi connectivity index (χ4v) is 11.9.